The van der Waals surface area contributed by atoms with Gasteiger partial charge < -0.3 is 0 Å². The maximum Gasteiger partial charge on any atom is 0.179 e. The monoisotopic (exact) mass is 310 g/mol. The number of hydrogen-bond donors (Lipinski definition) is 0. The van der Waals surface area contributed by atoms with Crippen molar-refractivity contribution in [1.82, 2.24) is 4.90 Å². The fourth-order valence-electron chi connectivity index (χ4n) is 2.19. The van der Waals surface area contributed by atoms with E-state index in [1.807, 2.05) is 17.8 Å². The average molecular weight is 310 g/mol. The van der Waals surface area contributed by atoms with E-state index in [2.05, 4.69) is 11.8 Å². The Bertz CT molecular complexity index is 591. The summed E-state index contributed by atoms with van der Waals surface area (Å²) in [7, 11) is -3.27. The molecule has 108 valence electrons. The van der Waals surface area contributed by atoms with Crippen LogP contribution in [0.5, 0.6) is 0 Å². The Hall–Kier alpha value is -1.03. The highest BCUT2D eigenvalue weighted by molar-refractivity contribution is 7.99. The Morgan fingerprint density at radius 2 is 2.10 bits per heavy atom. The minimum absolute atomic E-state index is 0.133. The van der Waals surface area contributed by atoms with Crippen LogP contribution in [-0.2, 0) is 9.84 Å². The fourth-order valence-corrected chi connectivity index (χ4v) is 4.53. The zero-order valence-electron chi connectivity index (χ0n) is 11.4. The zero-order valence-corrected chi connectivity index (χ0v) is 13.1. The van der Waals surface area contributed by atoms with Crippen LogP contribution in [0.3, 0.4) is 0 Å². The Morgan fingerprint density at radius 3 is 2.70 bits per heavy atom. The van der Waals surface area contributed by atoms with Gasteiger partial charge >= 0.3 is 0 Å². The Morgan fingerprint density at radius 1 is 1.40 bits per heavy atom. The highest BCUT2D eigenvalue weighted by Crippen LogP contribution is 2.17. The molecule has 0 spiro atoms. The van der Waals surface area contributed by atoms with Crippen molar-refractivity contribution in [3.8, 4) is 6.07 Å². The summed E-state index contributed by atoms with van der Waals surface area (Å²) in [6.07, 6.45) is 0. The van der Waals surface area contributed by atoms with E-state index in [1.165, 1.54) is 12.1 Å². The first kappa shape index (κ1) is 15.4. The van der Waals surface area contributed by atoms with E-state index in [4.69, 9.17) is 5.26 Å². The first-order valence-corrected chi connectivity index (χ1v) is 9.38. The van der Waals surface area contributed by atoms with Crippen LogP contribution in [0.15, 0.2) is 29.2 Å². The molecule has 0 N–H and O–H groups in total. The molecular weight excluding hydrogens is 292 g/mol. The molecule has 1 atom stereocenters. The molecule has 0 aliphatic carbocycles. The largest absolute Gasteiger partial charge is 0.298 e. The summed E-state index contributed by atoms with van der Waals surface area (Å²) in [6, 6.07) is 8.56. The quantitative estimate of drug-likeness (QED) is 0.848. The summed E-state index contributed by atoms with van der Waals surface area (Å²) < 4.78 is 24.5. The molecule has 2 rings (SSSR count). The highest BCUT2D eigenvalue weighted by atomic mass is 32.2. The number of sulfone groups is 1. The maximum atomic E-state index is 12.3. The SMILES string of the molecule is CC1CSCCN1CCS(=O)(=O)c1ccc(C#N)cc1. The summed E-state index contributed by atoms with van der Waals surface area (Å²) in [5, 5.41) is 8.73. The van der Waals surface area contributed by atoms with Crippen molar-refractivity contribution in [1.29, 1.82) is 5.26 Å². The number of nitriles is 1. The Kier molecular flexibility index (Phi) is 5.08. The van der Waals surface area contributed by atoms with Gasteiger partial charge in [0.1, 0.15) is 0 Å². The van der Waals surface area contributed by atoms with E-state index < -0.39 is 9.84 Å². The molecule has 0 aromatic heterocycles. The van der Waals surface area contributed by atoms with Gasteiger partial charge in [-0.25, -0.2) is 8.42 Å². The van der Waals surface area contributed by atoms with Crippen LogP contribution >= 0.6 is 11.8 Å². The minimum atomic E-state index is -3.27. The van der Waals surface area contributed by atoms with Gasteiger partial charge in [0.15, 0.2) is 9.84 Å². The van der Waals surface area contributed by atoms with Crippen LogP contribution in [-0.4, -0.2) is 49.7 Å². The number of rotatable bonds is 4. The second kappa shape index (κ2) is 6.61. The van der Waals surface area contributed by atoms with Gasteiger partial charge in [0.05, 0.1) is 22.3 Å². The first-order valence-electron chi connectivity index (χ1n) is 6.57. The smallest absolute Gasteiger partial charge is 0.179 e. The van der Waals surface area contributed by atoms with Crippen LogP contribution in [0.2, 0.25) is 0 Å². The molecule has 4 nitrogen and oxygen atoms in total. The molecule has 1 saturated heterocycles. The molecule has 0 radical (unpaired) electrons. The number of hydrogen-bond acceptors (Lipinski definition) is 5. The topological polar surface area (TPSA) is 61.2 Å². The van der Waals surface area contributed by atoms with E-state index in [-0.39, 0.29) is 5.75 Å². The lowest BCUT2D eigenvalue weighted by atomic mass is 10.2. The predicted molar refractivity (Wildman–Crippen MR) is 81.6 cm³/mol. The van der Waals surface area contributed by atoms with Gasteiger partial charge in [-0.05, 0) is 31.2 Å². The molecule has 0 amide bonds. The molecule has 1 unspecified atom stereocenters. The predicted octanol–water partition coefficient (Wildman–Crippen LogP) is 1.77. The number of benzene rings is 1. The normalized spacial score (nSPS) is 20.5. The fraction of sp³-hybridized carbons (Fsp3) is 0.500. The van der Waals surface area contributed by atoms with Crippen molar-refractivity contribution >= 4 is 21.6 Å². The van der Waals surface area contributed by atoms with Crippen LogP contribution in [0.25, 0.3) is 0 Å². The number of nitrogens with zero attached hydrogens (tertiary/aromatic N) is 2. The van der Waals surface area contributed by atoms with E-state index >= 15 is 0 Å². The minimum Gasteiger partial charge on any atom is -0.298 e. The third-order valence-corrected chi connectivity index (χ3v) is 6.39. The summed E-state index contributed by atoms with van der Waals surface area (Å²) in [6.45, 7) is 3.67. The van der Waals surface area contributed by atoms with Crippen molar-refractivity contribution < 1.29 is 8.42 Å². The molecule has 0 saturated carbocycles. The van der Waals surface area contributed by atoms with E-state index in [0.717, 1.165) is 18.1 Å². The summed E-state index contributed by atoms with van der Waals surface area (Å²) in [5.74, 6) is 2.27. The Balaban J connectivity index is 2.01. The summed E-state index contributed by atoms with van der Waals surface area (Å²) in [5.41, 5.74) is 0.477. The first-order chi connectivity index (χ1) is 9.53. The maximum absolute atomic E-state index is 12.3. The second-order valence-corrected chi connectivity index (χ2v) is 8.17. The van der Waals surface area contributed by atoms with Gasteiger partial charge in [0.2, 0.25) is 0 Å². The molecule has 0 bridgehead atoms. The van der Waals surface area contributed by atoms with Crippen molar-refractivity contribution in [2.45, 2.75) is 17.9 Å². The van der Waals surface area contributed by atoms with E-state index in [0.29, 0.717) is 23.0 Å². The van der Waals surface area contributed by atoms with Crippen LogP contribution in [0.4, 0.5) is 0 Å². The second-order valence-electron chi connectivity index (χ2n) is 4.91. The molecule has 6 heteroatoms. The lowest BCUT2D eigenvalue weighted by molar-refractivity contribution is 0.246. The molecule has 1 aliphatic rings. The molecule has 1 fully saturated rings. The number of thioether (sulfide) groups is 1. The molecule has 1 aliphatic heterocycles. The molecular formula is C14H18N2O2S2. The average Bonchev–Trinajstić information content (AvgIpc) is 2.46. The third kappa shape index (κ3) is 3.75. The molecule has 1 aromatic rings. The van der Waals surface area contributed by atoms with Crippen LogP contribution < -0.4 is 0 Å². The van der Waals surface area contributed by atoms with Gasteiger partial charge in [-0.2, -0.15) is 17.0 Å². The highest BCUT2D eigenvalue weighted by Gasteiger charge is 2.22. The van der Waals surface area contributed by atoms with Crippen molar-refractivity contribution in [3.05, 3.63) is 29.8 Å². The lowest BCUT2D eigenvalue weighted by Gasteiger charge is -2.32. The Labute approximate surface area is 124 Å². The lowest BCUT2D eigenvalue weighted by Crippen LogP contribution is -2.42. The van der Waals surface area contributed by atoms with E-state index in [9.17, 15) is 8.42 Å². The van der Waals surface area contributed by atoms with Crippen molar-refractivity contribution in [2.24, 2.45) is 0 Å². The summed E-state index contributed by atoms with van der Waals surface area (Å²) >= 11 is 1.92. The van der Waals surface area contributed by atoms with E-state index in [1.54, 1.807) is 12.1 Å². The van der Waals surface area contributed by atoms with Gasteiger partial charge in [0.25, 0.3) is 0 Å². The standard InChI is InChI=1S/C14H18N2O2S2/c1-12-11-19-8-6-16(12)7-9-20(17,18)14-4-2-13(10-15)3-5-14/h2-5,12H,6-9,11H2,1H3. The van der Waals surface area contributed by atoms with Crippen LogP contribution in [0, 0.1) is 11.3 Å². The summed E-state index contributed by atoms with van der Waals surface area (Å²) in [4.78, 5) is 2.54. The molecule has 20 heavy (non-hydrogen) atoms. The van der Waals surface area contributed by atoms with Gasteiger partial charge in [-0.1, -0.05) is 0 Å². The van der Waals surface area contributed by atoms with Gasteiger partial charge in [-0.15, -0.1) is 0 Å². The molecule has 1 aromatic carbocycles. The van der Waals surface area contributed by atoms with Crippen LogP contribution in [0.1, 0.15) is 12.5 Å². The molecule has 1 heterocycles. The van der Waals surface area contributed by atoms with Gasteiger partial charge in [0, 0.05) is 30.6 Å². The third-order valence-electron chi connectivity index (χ3n) is 3.50. The van der Waals surface area contributed by atoms with Crippen molar-refractivity contribution in [2.75, 3.05) is 30.3 Å². The van der Waals surface area contributed by atoms with Crippen molar-refractivity contribution in [3.63, 3.8) is 0 Å². The zero-order chi connectivity index (χ0) is 14.6. The van der Waals surface area contributed by atoms with Gasteiger partial charge in [-0.3, -0.25) is 4.90 Å².